The Morgan fingerprint density at radius 3 is 1.27 bits per heavy atom. The molecule has 0 atom stereocenters. The Bertz CT molecular complexity index is 1570. The van der Waals surface area contributed by atoms with Crippen LogP contribution in [0.25, 0.3) is 33.4 Å². The van der Waals surface area contributed by atoms with E-state index in [1.165, 1.54) is 9.59 Å². The van der Waals surface area contributed by atoms with Gasteiger partial charge in [0.2, 0.25) is 0 Å². The Morgan fingerprint density at radius 2 is 0.919 bits per heavy atom. The highest BCUT2D eigenvalue weighted by molar-refractivity contribution is 5.74. The zero-order valence-electron chi connectivity index (χ0n) is 20.6. The molecule has 2 heterocycles. The predicted octanol–water partition coefficient (Wildman–Crippen LogP) is 5.36. The van der Waals surface area contributed by atoms with Crippen molar-refractivity contribution in [1.29, 1.82) is 0 Å². The average molecular weight is 491 g/mol. The van der Waals surface area contributed by atoms with Gasteiger partial charge < -0.3 is 10.2 Å². The molecular weight excluding hydrogens is 464 g/mol. The van der Waals surface area contributed by atoms with Gasteiger partial charge in [-0.15, -0.1) is 30.0 Å². The Hall–Kier alpha value is -4.72. The predicted molar refractivity (Wildman–Crippen MR) is 143 cm³/mol. The lowest BCUT2D eigenvalue weighted by Crippen LogP contribution is -2.03. The SMILES string of the molecule is Cc1cc(CCCc2cc(C)cc(-n3nc4ccccc4n3)c2O)c(O)c(-n2nc3ccccc3n2)c1. The van der Waals surface area contributed by atoms with Crippen molar-refractivity contribution in [2.24, 2.45) is 0 Å². The van der Waals surface area contributed by atoms with E-state index in [4.69, 9.17) is 0 Å². The summed E-state index contributed by atoms with van der Waals surface area (Å²) in [7, 11) is 0. The second-order valence-corrected chi connectivity index (χ2v) is 9.39. The normalized spacial score (nSPS) is 11.5. The van der Waals surface area contributed by atoms with Crippen molar-refractivity contribution in [1.82, 2.24) is 30.0 Å². The molecule has 8 nitrogen and oxygen atoms in total. The Morgan fingerprint density at radius 1 is 0.568 bits per heavy atom. The number of phenolic OH excluding ortho intramolecular Hbond substituents is 2. The number of rotatable bonds is 6. The van der Waals surface area contributed by atoms with Crippen molar-refractivity contribution >= 4 is 22.1 Å². The average Bonchev–Trinajstić information content (AvgIpc) is 3.52. The summed E-state index contributed by atoms with van der Waals surface area (Å²) in [5.74, 6) is 0.347. The van der Waals surface area contributed by atoms with Crippen LogP contribution in [0.3, 0.4) is 0 Å². The summed E-state index contributed by atoms with van der Waals surface area (Å²) in [4.78, 5) is 2.99. The second-order valence-electron chi connectivity index (χ2n) is 9.39. The van der Waals surface area contributed by atoms with Gasteiger partial charge in [-0.3, -0.25) is 0 Å². The van der Waals surface area contributed by atoms with Gasteiger partial charge in [0.1, 0.15) is 44.9 Å². The molecule has 0 aliphatic carbocycles. The van der Waals surface area contributed by atoms with Crippen LogP contribution < -0.4 is 0 Å². The standard InChI is InChI=1S/C29H26N6O2/c1-18-14-20(28(36)26(16-18)34-30-22-10-3-4-11-23(22)31-34)8-7-9-21-15-19(2)17-27(29(21)37)35-32-24-12-5-6-13-25(24)33-35/h3-6,10-17,36-37H,7-9H2,1-2H3. The van der Waals surface area contributed by atoms with E-state index in [9.17, 15) is 10.2 Å². The third-order valence-corrected chi connectivity index (χ3v) is 6.52. The minimum absolute atomic E-state index is 0.174. The largest absolute Gasteiger partial charge is 0.505 e. The van der Waals surface area contributed by atoms with E-state index in [2.05, 4.69) is 20.4 Å². The molecule has 8 heteroatoms. The van der Waals surface area contributed by atoms with Crippen LogP contribution in [0.5, 0.6) is 11.5 Å². The molecule has 0 radical (unpaired) electrons. The molecule has 0 aliphatic rings. The molecular formula is C29H26N6O2. The van der Waals surface area contributed by atoms with Gasteiger partial charge in [0.25, 0.3) is 0 Å². The van der Waals surface area contributed by atoms with Gasteiger partial charge in [0.05, 0.1) is 0 Å². The molecule has 4 aromatic carbocycles. The number of hydrogen-bond donors (Lipinski definition) is 2. The Kier molecular flexibility index (Phi) is 5.56. The zero-order chi connectivity index (χ0) is 25.5. The Balaban J connectivity index is 1.25. The molecule has 0 amide bonds. The van der Waals surface area contributed by atoms with Crippen molar-refractivity contribution in [2.45, 2.75) is 33.1 Å². The van der Waals surface area contributed by atoms with Crippen molar-refractivity contribution in [3.63, 3.8) is 0 Å². The quantitative estimate of drug-likeness (QED) is 0.326. The van der Waals surface area contributed by atoms with E-state index in [1.807, 2.05) is 86.6 Å². The maximum atomic E-state index is 11.1. The lowest BCUT2D eigenvalue weighted by atomic mass is 9.99. The summed E-state index contributed by atoms with van der Waals surface area (Å²) in [6.45, 7) is 3.99. The van der Waals surface area contributed by atoms with Gasteiger partial charge >= 0.3 is 0 Å². The van der Waals surface area contributed by atoms with Gasteiger partial charge in [-0.25, -0.2) is 0 Å². The van der Waals surface area contributed by atoms with Crippen LogP contribution in [-0.4, -0.2) is 40.2 Å². The van der Waals surface area contributed by atoms with Crippen LogP contribution in [0.15, 0.2) is 72.8 Å². The molecule has 0 unspecified atom stereocenters. The zero-order valence-corrected chi connectivity index (χ0v) is 20.6. The molecule has 0 bridgehead atoms. The molecule has 184 valence electrons. The summed E-state index contributed by atoms with van der Waals surface area (Å²) in [6, 6.07) is 23.0. The van der Waals surface area contributed by atoms with Gasteiger partial charge in [-0.2, -0.15) is 0 Å². The maximum Gasteiger partial charge on any atom is 0.146 e. The van der Waals surface area contributed by atoms with Crippen molar-refractivity contribution in [2.75, 3.05) is 0 Å². The second kappa shape index (κ2) is 9.05. The van der Waals surface area contributed by atoms with E-state index in [0.29, 0.717) is 24.2 Å². The fourth-order valence-corrected chi connectivity index (χ4v) is 4.76. The Labute approximate surface area is 213 Å². The topological polar surface area (TPSA) is 102 Å². The number of phenols is 2. The van der Waals surface area contributed by atoms with Crippen LogP contribution in [0.1, 0.15) is 28.7 Å². The summed E-state index contributed by atoms with van der Waals surface area (Å²) >= 11 is 0. The van der Waals surface area contributed by atoms with Crippen molar-refractivity contribution < 1.29 is 10.2 Å². The number of hydrogen-bond acceptors (Lipinski definition) is 6. The third-order valence-electron chi connectivity index (χ3n) is 6.52. The molecule has 0 spiro atoms. The van der Waals surface area contributed by atoms with Crippen LogP contribution in [0, 0.1) is 13.8 Å². The van der Waals surface area contributed by atoms with Crippen LogP contribution in [-0.2, 0) is 12.8 Å². The van der Waals surface area contributed by atoms with E-state index in [0.717, 1.165) is 50.7 Å². The molecule has 37 heavy (non-hydrogen) atoms. The van der Waals surface area contributed by atoms with Crippen LogP contribution >= 0.6 is 0 Å². The van der Waals surface area contributed by atoms with E-state index < -0.39 is 0 Å². The molecule has 0 fully saturated rings. The fourth-order valence-electron chi connectivity index (χ4n) is 4.76. The molecule has 2 N–H and O–H groups in total. The highest BCUT2D eigenvalue weighted by Gasteiger charge is 2.16. The monoisotopic (exact) mass is 490 g/mol. The molecule has 2 aromatic heterocycles. The first-order chi connectivity index (χ1) is 18.0. The summed E-state index contributed by atoms with van der Waals surface area (Å²) in [5.41, 5.74) is 7.89. The van der Waals surface area contributed by atoms with Crippen LogP contribution in [0.4, 0.5) is 0 Å². The lowest BCUT2D eigenvalue weighted by molar-refractivity contribution is 0.456. The number of nitrogens with zero attached hydrogens (tertiary/aromatic N) is 6. The summed E-state index contributed by atoms with van der Waals surface area (Å²) in [6.07, 6.45) is 2.00. The number of benzene rings is 4. The minimum Gasteiger partial charge on any atom is -0.505 e. The number of aromatic nitrogens is 6. The number of fused-ring (bicyclic) bond motifs is 2. The maximum absolute atomic E-state index is 11.1. The van der Waals surface area contributed by atoms with E-state index in [-0.39, 0.29) is 11.5 Å². The molecule has 0 aliphatic heterocycles. The number of aromatic hydroxyl groups is 2. The lowest BCUT2D eigenvalue weighted by Gasteiger charge is -2.13. The highest BCUT2D eigenvalue weighted by atomic mass is 16.3. The third kappa shape index (κ3) is 4.27. The molecule has 0 saturated carbocycles. The van der Waals surface area contributed by atoms with Crippen LogP contribution in [0.2, 0.25) is 0 Å². The van der Waals surface area contributed by atoms with E-state index in [1.54, 1.807) is 0 Å². The fraction of sp³-hybridized carbons (Fsp3) is 0.172. The van der Waals surface area contributed by atoms with Crippen molar-refractivity contribution in [3.05, 3.63) is 95.1 Å². The van der Waals surface area contributed by atoms with Crippen molar-refractivity contribution in [3.8, 4) is 22.9 Å². The van der Waals surface area contributed by atoms with Gasteiger partial charge in [0, 0.05) is 0 Å². The summed E-state index contributed by atoms with van der Waals surface area (Å²) in [5, 5.41) is 40.3. The van der Waals surface area contributed by atoms with Gasteiger partial charge in [-0.1, -0.05) is 36.4 Å². The molecule has 6 rings (SSSR count). The smallest absolute Gasteiger partial charge is 0.146 e. The van der Waals surface area contributed by atoms with Gasteiger partial charge in [0.15, 0.2) is 0 Å². The first-order valence-electron chi connectivity index (χ1n) is 12.3. The first kappa shape index (κ1) is 22.7. The van der Waals surface area contributed by atoms with Gasteiger partial charge in [-0.05, 0) is 91.8 Å². The first-order valence-corrected chi connectivity index (χ1v) is 12.3. The minimum atomic E-state index is 0.174. The number of aryl methyl sites for hydroxylation is 4. The summed E-state index contributed by atoms with van der Waals surface area (Å²) < 4.78 is 0. The highest BCUT2D eigenvalue weighted by Crippen LogP contribution is 2.32. The van der Waals surface area contributed by atoms with E-state index >= 15 is 0 Å². The molecule has 0 saturated heterocycles. The molecule has 6 aromatic rings.